The van der Waals surface area contributed by atoms with E-state index in [9.17, 15) is 67.4 Å². The van der Waals surface area contributed by atoms with Gasteiger partial charge in [-0.15, -0.1) is 0 Å². The Morgan fingerprint density at radius 3 is 1.35 bits per heavy atom. The summed E-state index contributed by atoms with van der Waals surface area (Å²) in [6.07, 6.45) is -18.3. The van der Waals surface area contributed by atoms with Crippen LogP contribution >= 0.6 is 0 Å². The molecule has 0 radical (unpaired) electrons. The topological polar surface area (TPSA) is 72.8 Å². The Morgan fingerprint density at radius 1 is 0.700 bits per heavy atom. The van der Waals surface area contributed by atoms with Gasteiger partial charge in [0.25, 0.3) is 11.5 Å². The predicted molar refractivity (Wildman–Crippen MR) is 117 cm³/mol. The van der Waals surface area contributed by atoms with Gasteiger partial charge in [0, 0.05) is 0 Å². The molecule has 0 atom stereocenters. The number of esters is 2. The smallest absolute Gasteiger partial charge is 0.430 e. The molecule has 5 nitrogen and oxygen atoms in total. The van der Waals surface area contributed by atoms with Crippen LogP contribution in [0.5, 0.6) is 0 Å². The van der Waals surface area contributed by atoms with Crippen LogP contribution < -0.4 is 0 Å². The summed E-state index contributed by atoms with van der Waals surface area (Å²) in [4.78, 5) is 23.1. The minimum absolute atomic E-state index is 0.137. The van der Waals surface area contributed by atoms with Gasteiger partial charge in [-0.05, 0) is 54.4 Å². The molecule has 0 unspecified atom stereocenters. The second kappa shape index (κ2) is 12.9. The molecule has 0 amide bonds. The number of hydrogen-bond donors (Lipinski definition) is 1. The zero-order chi connectivity index (χ0) is 33.0. The lowest BCUT2D eigenvalue weighted by molar-refractivity contribution is -0.408. The van der Waals surface area contributed by atoms with Crippen molar-refractivity contribution < 1.29 is 76.9 Å². The quantitative estimate of drug-likeness (QED) is 0.192. The molecule has 0 saturated carbocycles. The van der Waals surface area contributed by atoms with Crippen LogP contribution in [0.15, 0.2) is 0 Å². The van der Waals surface area contributed by atoms with Crippen molar-refractivity contribution in [2.24, 2.45) is 10.8 Å². The van der Waals surface area contributed by atoms with Gasteiger partial charge < -0.3 is 14.6 Å². The molecule has 1 N–H and O–H groups in total. The van der Waals surface area contributed by atoms with E-state index in [1.807, 2.05) is 0 Å². The molecule has 0 saturated heterocycles. The highest BCUT2D eigenvalue weighted by Gasteiger charge is 2.78. The molecule has 0 aromatic carbocycles. The lowest BCUT2D eigenvalue weighted by atomic mass is 9.83. The summed E-state index contributed by atoms with van der Waals surface area (Å²) in [6.45, 7) is 7.73. The average Bonchev–Trinajstić information content (AvgIpc) is 2.74. The van der Waals surface area contributed by atoms with Crippen LogP contribution in [0.2, 0.25) is 0 Å². The molecular formula is C23H34F12O5. The van der Waals surface area contributed by atoms with Crippen molar-refractivity contribution in [3.8, 4) is 0 Å². The molecule has 0 heterocycles. The molecule has 0 aromatic heterocycles. The second-order valence-corrected chi connectivity index (χ2v) is 10.8. The summed E-state index contributed by atoms with van der Waals surface area (Å²) >= 11 is 0. The van der Waals surface area contributed by atoms with Gasteiger partial charge >= 0.3 is 36.6 Å². The Labute approximate surface area is 223 Å². The third kappa shape index (κ3) is 10.2. The minimum Gasteiger partial charge on any atom is -0.459 e. The molecule has 0 aliphatic carbocycles. The first-order valence-electron chi connectivity index (χ1n) is 11.6. The van der Waals surface area contributed by atoms with Gasteiger partial charge in [-0.1, -0.05) is 13.8 Å². The highest BCUT2D eigenvalue weighted by molar-refractivity contribution is 5.76. The van der Waals surface area contributed by atoms with Gasteiger partial charge in [0.2, 0.25) is 0 Å². The van der Waals surface area contributed by atoms with Crippen LogP contribution in [0.3, 0.4) is 0 Å². The fraction of sp³-hybridized carbons (Fsp3) is 0.913. The third-order valence-electron chi connectivity index (χ3n) is 6.14. The maximum atomic E-state index is 13.0. The van der Waals surface area contributed by atoms with Crippen molar-refractivity contribution in [1.29, 1.82) is 0 Å². The van der Waals surface area contributed by atoms with Gasteiger partial charge in [-0.25, -0.2) is 26.3 Å². The average molecular weight is 618 g/mol. The Kier molecular flexibility index (Phi) is 13.0. The van der Waals surface area contributed by atoms with E-state index in [1.54, 1.807) is 6.92 Å². The van der Waals surface area contributed by atoms with Gasteiger partial charge in [0.15, 0.2) is 12.2 Å². The number of alkyl halides is 12. The maximum absolute atomic E-state index is 13.0. The zero-order valence-electron chi connectivity index (χ0n) is 23.0. The number of ether oxygens (including phenoxy) is 2. The fourth-order valence-electron chi connectivity index (χ4n) is 2.42. The molecule has 0 aliphatic heterocycles. The van der Waals surface area contributed by atoms with Crippen LogP contribution in [0.4, 0.5) is 52.7 Å². The van der Waals surface area contributed by atoms with Crippen LogP contribution in [-0.2, 0) is 19.1 Å². The van der Waals surface area contributed by atoms with Crippen LogP contribution in [0.25, 0.3) is 0 Å². The van der Waals surface area contributed by atoms with Gasteiger partial charge in [-0.2, -0.15) is 26.3 Å². The van der Waals surface area contributed by atoms with Crippen molar-refractivity contribution in [2.45, 2.75) is 116 Å². The number of carbonyl (C=O) groups excluding carboxylic acids is 2. The highest BCUT2D eigenvalue weighted by Crippen LogP contribution is 2.51. The van der Waals surface area contributed by atoms with Gasteiger partial charge in [0.05, 0.1) is 17.3 Å². The predicted octanol–water partition coefficient (Wildman–Crippen LogP) is 7.49. The van der Waals surface area contributed by atoms with Crippen LogP contribution in [-0.4, -0.2) is 65.5 Å². The standard InChI is InChI=1S/C12H18F6O3.C11H16F6O2/c1-6-8(2,3)7(19)21-9(4,5)10(20,11(13,14)15)12(16,17)18;1-4-9(2,3)8(18)19-6-10(14,15)5-11(16,17)7(12)13/h20H,6H2,1-5H3;7H,4-6H2,1-3H3. The first-order valence-corrected chi connectivity index (χ1v) is 11.6. The molecule has 0 rings (SSSR count). The van der Waals surface area contributed by atoms with Crippen molar-refractivity contribution in [3.63, 3.8) is 0 Å². The Bertz CT molecular complexity index is 832. The Balaban J connectivity index is 0. The molecule has 0 aromatic rings. The number of carbonyl (C=O) groups is 2. The molecule has 0 fully saturated rings. The SMILES string of the molecule is CCC(C)(C)C(=O)OC(C)(C)C(O)(C(F)(F)F)C(F)(F)F.CCC(C)(C)C(=O)OCC(F)(F)CC(F)(F)C(F)F. The number of rotatable bonds is 11. The molecular weight excluding hydrogens is 584 g/mol. The minimum atomic E-state index is -6.06. The third-order valence-corrected chi connectivity index (χ3v) is 6.14. The molecule has 0 spiro atoms. The summed E-state index contributed by atoms with van der Waals surface area (Å²) in [7, 11) is 0. The monoisotopic (exact) mass is 618 g/mol. The van der Waals surface area contributed by atoms with Gasteiger partial charge in [0.1, 0.15) is 0 Å². The van der Waals surface area contributed by atoms with Gasteiger partial charge in [-0.3, -0.25) is 9.59 Å². The fourth-order valence-corrected chi connectivity index (χ4v) is 2.42. The van der Waals surface area contributed by atoms with E-state index in [0.717, 1.165) is 0 Å². The van der Waals surface area contributed by atoms with Crippen LogP contribution in [0.1, 0.15) is 74.7 Å². The zero-order valence-corrected chi connectivity index (χ0v) is 23.0. The Hall–Kier alpha value is -1.94. The number of aliphatic hydroxyl groups is 1. The first kappa shape index (κ1) is 40.2. The van der Waals surface area contributed by atoms with E-state index >= 15 is 0 Å². The summed E-state index contributed by atoms with van der Waals surface area (Å²) in [6, 6.07) is 0. The first-order chi connectivity index (χ1) is 17.3. The normalized spacial score (nSPS) is 14.4. The summed E-state index contributed by atoms with van der Waals surface area (Å²) < 4.78 is 160. The van der Waals surface area contributed by atoms with Crippen LogP contribution in [0, 0.1) is 10.8 Å². The lowest BCUT2D eigenvalue weighted by Gasteiger charge is -2.44. The molecule has 0 bridgehead atoms. The van der Waals surface area contributed by atoms with E-state index in [0.29, 0.717) is 20.3 Å². The summed E-state index contributed by atoms with van der Waals surface area (Å²) in [5, 5.41) is 9.27. The Morgan fingerprint density at radius 2 is 1.05 bits per heavy atom. The summed E-state index contributed by atoms with van der Waals surface area (Å²) in [5.41, 5.74) is -10.7. The molecule has 0 aliphatic rings. The van der Waals surface area contributed by atoms with Crippen molar-refractivity contribution in [1.82, 2.24) is 0 Å². The second-order valence-electron chi connectivity index (χ2n) is 10.8. The number of hydrogen-bond acceptors (Lipinski definition) is 5. The van der Waals surface area contributed by atoms with E-state index in [2.05, 4.69) is 9.47 Å². The number of halogens is 12. The molecule has 40 heavy (non-hydrogen) atoms. The molecule has 240 valence electrons. The van der Waals surface area contributed by atoms with Crippen molar-refractivity contribution in [2.75, 3.05) is 6.61 Å². The maximum Gasteiger partial charge on any atom is 0.430 e. The van der Waals surface area contributed by atoms with Crippen molar-refractivity contribution >= 4 is 11.9 Å². The highest BCUT2D eigenvalue weighted by atomic mass is 19.4. The van der Waals surface area contributed by atoms with E-state index in [-0.39, 0.29) is 6.42 Å². The lowest BCUT2D eigenvalue weighted by Crippen LogP contribution is -2.70. The molecule has 17 heteroatoms. The summed E-state index contributed by atoms with van der Waals surface area (Å²) in [5.74, 6) is -11.3. The van der Waals surface area contributed by atoms with Crippen molar-refractivity contribution in [3.05, 3.63) is 0 Å². The largest absolute Gasteiger partial charge is 0.459 e. The van der Waals surface area contributed by atoms with E-state index < -0.39 is 77.6 Å². The van der Waals surface area contributed by atoms with E-state index in [1.165, 1.54) is 34.6 Å². The van der Waals surface area contributed by atoms with E-state index in [4.69, 9.17) is 0 Å².